The number of aromatic nitrogens is 2. The number of hydrogen-bond acceptors (Lipinski definition) is 8. The van der Waals surface area contributed by atoms with E-state index in [4.69, 9.17) is 20.7 Å². The number of thiophene rings is 1. The highest BCUT2D eigenvalue weighted by Crippen LogP contribution is 2.43. The van der Waals surface area contributed by atoms with Gasteiger partial charge in [0.1, 0.15) is 15.6 Å². The zero-order chi connectivity index (χ0) is 15.6. The van der Waals surface area contributed by atoms with E-state index < -0.39 is 5.91 Å². The van der Waals surface area contributed by atoms with Crippen molar-refractivity contribution in [1.82, 2.24) is 10.1 Å². The summed E-state index contributed by atoms with van der Waals surface area (Å²) in [5, 5.41) is 7.47. The van der Waals surface area contributed by atoms with Gasteiger partial charge in [0.05, 0.1) is 12.6 Å². The zero-order valence-electron chi connectivity index (χ0n) is 12.0. The fraction of sp³-hybridized carbons (Fsp3) is 0.417. The summed E-state index contributed by atoms with van der Waals surface area (Å²) in [6.07, 6.45) is -0.0874. The van der Waals surface area contributed by atoms with Crippen molar-refractivity contribution in [1.29, 1.82) is 0 Å². The van der Waals surface area contributed by atoms with Gasteiger partial charge in [0.2, 0.25) is 5.89 Å². The number of nitrogens with zero attached hydrogens (tertiary/aromatic N) is 2. The summed E-state index contributed by atoms with van der Waals surface area (Å²) in [6.45, 7) is 5.77. The smallest absolute Gasteiger partial charge is 0.261 e. The number of carbonyl (C=O) groups is 1. The molecule has 0 saturated heterocycles. The normalized spacial score (nSPS) is 10.9. The van der Waals surface area contributed by atoms with Gasteiger partial charge in [0.25, 0.3) is 5.91 Å². The Hall–Kier alpha value is -2.29. The molecular weight excluding hydrogens is 294 g/mol. The Balaban J connectivity index is 2.24. The first-order chi connectivity index (χ1) is 9.88. The van der Waals surface area contributed by atoms with Crippen LogP contribution in [0.25, 0.3) is 0 Å². The second kappa shape index (κ2) is 6.00. The molecule has 0 aromatic carbocycles. The number of rotatable bonds is 6. The second-order valence-electron chi connectivity index (χ2n) is 4.62. The predicted octanol–water partition coefficient (Wildman–Crippen LogP) is 1.52. The molecular formula is C12H17N5O3S. The van der Waals surface area contributed by atoms with Crippen LogP contribution in [0.5, 0.6) is 5.75 Å². The van der Waals surface area contributed by atoms with Crippen LogP contribution in [0.1, 0.15) is 35.2 Å². The van der Waals surface area contributed by atoms with Crippen molar-refractivity contribution >= 4 is 27.9 Å². The summed E-state index contributed by atoms with van der Waals surface area (Å²) in [5.74, 6) is 0.808. The van der Waals surface area contributed by atoms with Gasteiger partial charge in [-0.2, -0.15) is 4.98 Å². The van der Waals surface area contributed by atoms with Crippen LogP contribution in [-0.4, -0.2) is 22.2 Å². The number of primary amides is 1. The molecule has 2 rings (SSSR count). The number of ether oxygens (including phenoxy) is 1. The van der Waals surface area contributed by atoms with Gasteiger partial charge in [-0.15, -0.1) is 11.3 Å². The molecule has 0 saturated carbocycles. The van der Waals surface area contributed by atoms with Crippen molar-refractivity contribution < 1.29 is 14.1 Å². The maximum Gasteiger partial charge on any atom is 0.261 e. The van der Waals surface area contributed by atoms with Crippen LogP contribution in [0.3, 0.4) is 0 Å². The number of nitrogens with one attached hydrogen (secondary N) is 1. The molecule has 0 atom stereocenters. The van der Waals surface area contributed by atoms with E-state index in [0.29, 0.717) is 29.0 Å². The second-order valence-corrected chi connectivity index (χ2v) is 5.64. The zero-order valence-corrected chi connectivity index (χ0v) is 12.8. The lowest BCUT2D eigenvalue weighted by Gasteiger charge is -2.12. The minimum Gasteiger partial charge on any atom is -0.486 e. The van der Waals surface area contributed by atoms with Crippen molar-refractivity contribution in [2.24, 2.45) is 5.73 Å². The summed E-state index contributed by atoms with van der Waals surface area (Å²) >= 11 is 1.14. The number of anilines is 2. The van der Waals surface area contributed by atoms with E-state index in [1.165, 1.54) is 0 Å². The van der Waals surface area contributed by atoms with Gasteiger partial charge in [-0.05, 0) is 13.8 Å². The van der Waals surface area contributed by atoms with Gasteiger partial charge in [-0.25, -0.2) is 0 Å². The number of nitrogen functional groups attached to an aromatic ring is 1. The van der Waals surface area contributed by atoms with Gasteiger partial charge in [-0.3, -0.25) is 4.79 Å². The van der Waals surface area contributed by atoms with E-state index in [-0.39, 0.29) is 16.7 Å². The third kappa shape index (κ3) is 3.43. The number of hydrogen-bond donors (Lipinski definition) is 3. The molecule has 1 amide bonds. The molecule has 2 heterocycles. The molecule has 114 valence electrons. The number of amides is 1. The van der Waals surface area contributed by atoms with Crippen LogP contribution in [0.2, 0.25) is 0 Å². The van der Waals surface area contributed by atoms with Crippen LogP contribution in [0.4, 0.5) is 10.7 Å². The molecule has 0 aliphatic rings. The van der Waals surface area contributed by atoms with E-state index in [9.17, 15) is 4.79 Å². The lowest BCUT2D eigenvalue weighted by atomic mass is 10.3. The fourth-order valence-electron chi connectivity index (χ4n) is 1.65. The SMILES string of the molecule is Cc1nc(CNc2sc(C(N)=O)c(N)c2OC(C)C)no1. The Labute approximate surface area is 125 Å². The molecule has 0 unspecified atom stereocenters. The monoisotopic (exact) mass is 311 g/mol. The van der Waals surface area contributed by atoms with Crippen LogP contribution in [0, 0.1) is 6.92 Å². The molecule has 2 aromatic heterocycles. The van der Waals surface area contributed by atoms with Crippen molar-refractivity contribution in [2.45, 2.75) is 33.4 Å². The van der Waals surface area contributed by atoms with Gasteiger partial charge in [0.15, 0.2) is 11.6 Å². The van der Waals surface area contributed by atoms with Crippen LogP contribution >= 0.6 is 11.3 Å². The first-order valence-electron chi connectivity index (χ1n) is 6.30. The molecule has 0 aliphatic heterocycles. The topological polar surface area (TPSA) is 129 Å². The summed E-state index contributed by atoms with van der Waals surface area (Å²) in [6, 6.07) is 0. The Morgan fingerprint density at radius 3 is 2.76 bits per heavy atom. The Kier molecular flexibility index (Phi) is 4.32. The highest BCUT2D eigenvalue weighted by Gasteiger charge is 2.21. The summed E-state index contributed by atoms with van der Waals surface area (Å²) in [5.41, 5.74) is 11.5. The Morgan fingerprint density at radius 1 is 1.52 bits per heavy atom. The fourth-order valence-corrected chi connectivity index (χ4v) is 2.56. The van der Waals surface area contributed by atoms with Gasteiger partial charge < -0.3 is 26.0 Å². The minimum absolute atomic E-state index is 0.0874. The molecule has 9 heteroatoms. The Morgan fingerprint density at radius 2 is 2.24 bits per heavy atom. The average Bonchev–Trinajstić information content (AvgIpc) is 2.93. The quantitative estimate of drug-likeness (QED) is 0.737. The molecule has 0 fully saturated rings. The lowest BCUT2D eigenvalue weighted by Crippen LogP contribution is -2.12. The first kappa shape index (κ1) is 15.1. The van der Waals surface area contributed by atoms with E-state index in [1.807, 2.05) is 13.8 Å². The van der Waals surface area contributed by atoms with Crippen molar-refractivity contribution in [2.75, 3.05) is 11.1 Å². The molecule has 2 aromatic rings. The maximum atomic E-state index is 11.4. The van der Waals surface area contributed by atoms with Crippen molar-refractivity contribution in [3.8, 4) is 5.75 Å². The summed E-state index contributed by atoms with van der Waals surface area (Å²) in [7, 11) is 0. The van der Waals surface area contributed by atoms with E-state index in [2.05, 4.69) is 15.5 Å². The first-order valence-corrected chi connectivity index (χ1v) is 7.12. The standard InChI is InChI=1S/C12H17N5O3S/c1-5(2)19-9-8(13)10(11(14)18)21-12(9)15-4-7-16-6(3)20-17-7/h5,15H,4,13H2,1-3H3,(H2,14,18). The highest BCUT2D eigenvalue weighted by molar-refractivity contribution is 7.19. The molecule has 0 radical (unpaired) electrons. The molecule has 0 bridgehead atoms. The van der Waals surface area contributed by atoms with Crippen molar-refractivity contribution in [3.05, 3.63) is 16.6 Å². The highest BCUT2D eigenvalue weighted by atomic mass is 32.1. The van der Waals surface area contributed by atoms with E-state index in [1.54, 1.807) is 6.92 Å². The number of aryl methyl sites for hydroxylation is 1. The summed E-state index contributed by atoms with van der Waals surface area (Å²) < 4.78 is 10.5. The predicted molar refractivity (Wildman–Crippen MR) is 79.4 cm³/mol. The molecule has 0 aliphatic carbocycles. The third-order valence-corrected chi connectivity index (χ3v) is 3.61. The molecule has 8 nitrogen and oxygen atoms in total. The average molecular weight is 311 g/mol. The third-order valence-electron chi connectivity index (χ3n) is 2.45. The van der Waals surface area contributed by atoms with E-state index >= 15 is 0 Å². The van der Waals surface area contributed by atoms with E-state index in [0.717, 1.165) is 11.3 Å². The molecule has 5 N–H and O–H groups in total. The van der Waals surface area contributed by atoms with Gasteiger partial charge in [-0.1, -0.05) is 5.16 Å². The van der Waals surface area contributed by atoms with Crippen LogP contribution in [-0.2, 0) is 6.54 Å². The maximum absolute atomic E-state index is 11.4. The lowest BCUT2D eigenvalue weighted by molar-refractivity contribution is 0.100. The largest absolute Gasteiger partial charge is 0.486 e. The molecule has 21 heavy (non-hydrogen) atoms. The van der Waals surface area contributed by atoms with Crippen LogP contribution < -0.4 is 21.5 Å². The van der Waals surface area contributed by atoms with Gasteiger partial charge in [0, 0.05) is 6.92 Å². The van der Waals surface area contributed by atoms with Crippen LogP contribution in [0.15, 0.2) is 4.52 Å². The number of carbonyl (C=O) groups excluding carboxylic acids is 1. The van der Waals surface area contributed by atoms with Gasteiger partial charge >= 0.3 is 0 Å². The molecule has 0 spiro atoms. The van der Waals surface area contributed by atoms with Crippen molar-refractivity contribution in [3.63, 3.8) is 0 Å². The minimum atomic E-state index is -0.588. The Bertz CT molecular complexity index is 649. The number of nitrogens with two attached hydrogens (primary N) is 2. The summed E-state index contributed by atoms with van der Waals surface area (Å²) in [4.78, 5) is 15.7.